The number of ether oxygens (including phenoxy) is 2. The van der Waals surface area contributed by atoms with E-state index in [1.54, 1.807) is 19.2 Å². The Bertz CT molecular complexity index is 1810. The maximum Gasteiger partial charge on any atom is 0.573 e. The normalized spacial score (nSPS) is 14.5. The molecule has 46 heavy (non-hydrogen) atoms. The summed E-state index contributed by atoms with van der Waals surface area (Å²) in [6, 6.07) is 17.3. The van der Waals surface area contributed by atoms with Gasteiger partial charge >= 0.3 is 6.36 Å². The van der Waals surface area contributed by atoms with Crippen LogP contribution in [-0.2, 0) is 4.79 Å². The van der Waals surface area contributed by atoms with Crippen LogP contribution in [0.2, 0.25) is 0 Å². The fraction of sp³-hybridized carbons (Fsp3) is 0.182. The Labute approximate surface area is 267 Å². The van der Waals surface area contributed by atoms with Gasteiger partial charge in [-0.25, -0.2) is 14.1 Å². The first kappa shape index (κ1) is 32.4. The summed E-state index contributed by atoms with van der Waals surface area (Å²) in [6.07, 6.45) is -0.947. The van der Waals surface area contributed by atoms with E-state index in [1.165, 1.54) is 65.2 Å². The van der Waals surface area contributed by atoms with Gasteiger partial charge in [-0.2, -0.15) is 0 Å². The van der Waals surface area contributed by atoms with Crippen molar-refractivity contribution in [2.24, 2.45) is 0 Å². The number of alkyl halides is 3. The maximum absolute atomic E-state index is 15.0. The number of nitrogens with one attached hydrogen (secondary N) is 1. The molecule has 1 aromatic heterocycles. The lowest BCUT2D eigenvalue weighted by molar-refractivity contribution is -0.274. The minimum atomic E-state index is -4.78. The number of hydrogen-bond acceptors (Lipinski definition) is 7. The van der Waals surface area contributed by atoms with E-state index in [0.29, 0.717) is 27.9 Å². The Morgan fingerprint density at radius 3 is 2.37 bits per heavy atom. The van der Waals surface area contributed by atoms with Crippen LogP contribution in [0.15, 0.2) is 101 Å². The molecule has 0 fully saturated rings. The van der Waals surface area contributed by atoms with Crippen LogP contribution in [0.1, 0.15) is 37.8 Å². The molecule has 5 rings (SSSR count). The van der Waals surface area contributed by atoms with Crippen LogP contribution in [-0.4, -0.2) is 34.1 Å². The van der Waals surface area contributed by atoms with E-state index in [2.05, 4.69) is 34.0 Å². The molecular formula is C33H29F4N5O3S. The van der Waals surface area contributed by atoms with Crippen molar-refractivity contribution in [2.45, 2.75) is 33.1 Å². The number of hydrogen-bond donors (Lipinski definition) is 1. The lowest BCUT2D eigenvalue weighted by atomic mass is 10.00. The second-order valence-corrected chi connectivity index (χ2v) is 11.3. The summed E-state index contributed by atoms with van der Waals surface area (Å²) in [6.45, 7) is 6.14. The van der Waals surface area contributed by atoms with Crippen LogP contribution in [0.5, 0.6) is 11.5 Å². The van der Waals surface area contributed by atoms with Crippen LogP contribution >= 0.6 is 11.8 Å². The van der Waals surface area contributed by atoms with Crippen molar-refractivity contribution in [1.29, 1.82) is 0 Å². The molecule has 1 N–H and O–H groups in total. The molecule has 0 spiro atoms. The fourth-order valence-corrected chi connectivity index (χ4v) is 5.55. The van der Waals surface area contributed by atoms with E-state index in [-0.39, 0.29) is 17.2 Å². The molecule has 4 aromatic rings. The smallest absolute Gasteiger partial charge is 0.497 e. The van der Waals surface area contributed by atoms with E-state index in [9.17, 15) is 18.0 Å². The van der Waals surface area contributed by atoms with Crippen LogP contribution < -0.4 is 19.7 Å². The topological polar surface area (TPSA) is 81.5 Å². The number of thioether (sulfide) groups is 1. The van der Waals surface area contributed by atoms with Crippen molar-refractivity contribution in [3.05, 3.63) is 113 Å². The quantitative estimate of drug-likeness (QED) is 0.144. The van der Waals surface area contributed by atoms with Gasteiger partial charge in [-0.3, -0.25) is 4.79 Å². The van der Waals surface area contributed by atoms with Gasteiger partial charge in [-0.15, -0.1) is 18.3 Å². The number of benzene rings is 3. The number of amides is 1. The van der Waals surface area contributed by atoms with Gasteiger partial charge in [0.1, 0.15) is 23.7 Å². The van der Waals surface area contributed by atoms with Crippen molar-refractivity contribution in [3.8, 4) is 28.6 Å². The van der Waals surface area contributed by atoms with Gasteiger partial charge in [-0.05, 0) is 54.1 Å². The Hall–Kier alpha value is -5.04. The van der Waals surface area contributed by atoms with Crippen LogP contribution in [0, 0.1) is 0 Å². The average molecular weight is 652 g/mol. The highest BCUT2D eigenvalue weighted by Crippen LogP contribution is 2.43. The predicted octanol–water partition coefficient (Wildman–Crippen LogP) is 8.31. The highest BCUT2D eigenvalue weighted by molar-refractivity contribution is 8.06. The number of carbonyl (C=O) groups excluding carboxylic acids is 1. The number of carbonyl (C=O) groups is 1. The number of methoxy groups -OCH3 is 1. The molecule has 13 heteroatoms. The Kier molecular flexibility index (Phi) is 9.52. The lowest BCUT2D eigenvalue weighted by Crippen LogP contribution is -2.21. The van der Waals surface area contributed by atoms with Crippen molar-refractivity contribution < 1.29 is 31.8 Å². The molecular weight excluding hydrogens is 622 g/mol. The van der Waals surface area contributed by atoms with Crippen molar-refractivity contribution in [2.75, 3.05) is 12.0 Å². The Morgan fingerprint density at radius 1 is 1.02 bits per heavy atom. The number of allylic oxidation sites excluding steroid dienone is 1. The summed E-state index contributed by atoms with van der Waals surface area (Å²) in [5.41, 5.74) is 4.21. The van der Waals surface area contributed by atoms with E-state index in [4.69, 9.17) is 4.74 Å². The van der Waals surface area contributed by atoms with Crippen molar-refractivity contribution in [3.63, 3.8) is 0 Å². The highest BCUT2D eigenvalue weighted by atomic mass is 32.2. The number of nitrogens with zero attached hydrogens (tertiary/aromatic N) is 4. The standard InChI is InChI=1S/C33H29F4N5O3S/c1-20(2)27-14-13-26(44-4)15-29(27)42-21(3)18-46-31(42)16-30(43)38-17-28(34)22-5-7-23(8-6-22)32-39-19-41(40-32)24-9-11-25(12-10-24)45-33(35,36)37/h5-20H,1-4H3,(H,38,43)/b28-17-,31-16-. The van der Waals surface area contributed by atoms with Gasteiger partial charge in [-0.1, -0.05) is 55.9 Å². The summed E-state index contributed by atoms with van der Waals surface area (Å²) in [5, 5.41) is 9.46. The SMILES string of the molecule is COc1ccc(C(C)C)c(N2C(C)=CS/C2=C\C(=O)N/C=C(\F)c2ccc(-c3ncn(-c4ccc(OC(F)(F)F)cc4)n3)cc2)c1. The van der Waals surface area contributed by atoms with Gasteiger partial charge in [0.05, 0.1) is 23.5 Å². The number of anilines is 1. The number of halogens is 4. The first-order chi connectivity index (χ1) is 21.9. The first-order valence-corrected chi connectivity index (χ1v) is 14.9. The number of rotatable bonds is 9. The summed E-state index contributed by atoms with van der Waals surface area (Å²) in [7, 11) is 1.60. The zero-order valence-corrected chi connectivity index (χ0v) is 26.0. The zero-order chi connectivity index (χ0) is 33.0. The third kappa shape index (κ3) is 7.60. The van der Waals surface area contributed by atoms with Crippen molar-refractivity contribution in [1.82, 2.24) is 20.1 Å². The fourth-order valence-electron chi connectivity index (χ4n) is 4.63. The molecule has 8 nitrogen and oxygen atoms in total. The molecule has 0 radical (unpaired) electrons. The molecule has 0 atom stereocenters. The summed E-state index contributed by atoms with van der Waals surface area (Å²) in [5.74, 6) is -0.254. The monoisotopic (exact) mass is 651 g/mol. The van der Waals surface area contributed by atoms with E-state index >= 15 is 4.39 Å². The number of aromatic nitrogens is 3. The van der Waals surface area contributed by atoms with Crippen LogP contribution in [0.3, 0.4) is 0 Å². The summed E-state index contributed by atoms with van der Waals surface area (Å²) < 4.78 is 62.9. The van der Waals surface area contributed by atoms with Gasteiger partial charge in [0, 0.05) is 35.2 Å². The van der Waals surface area contributed by atoms with Gasteiger partial charge in [0.25, 0.3) is 5.91 Å². The van der Waals surface area contributed by atoms with Gasteiger partial charge in [0.15, 0.2) is 5.82 Å². The molecule has 2 heterocycles. The molecule has 0 aliphatic carbocycles. The molecule has 0 unspecified atom stereocenters. The Morgan fingerprint density at radius 2 is 1.72 bits per heavy atom. The molecule has 1 amide bonds. The molecule has 0 saturated heterocycles. The zero-order valence-electron chi connectivity index (χ0n) is 25.2. The second kappa shape index (κ2) is 13.5. The summed E-state index contributed by atoms with van der Waals surface area (Å²) >= 11 is 1.40. The molecule has 3 aromatic carbocycles. The minimum Gasteiger partial charge on any atom is -0.497 e. The average Bonchev–Trinajstić information content (AvgIpc) is 3.66. The first-order valence-electron chi connectivity index (χ1n) is 14.0. The van der Waals surface area contributed by atoms with Crippen LogP contribution in [0.25, 0.3) is 22.9 Å². The van der Waals surface area contributed by atoms with E-state index < -0.39 is 18.1 Å². The van der Waals surface area contributed by atoms with Crippen molar-refractivity contribution >= 4 is 29.2 Å². The molecule has 238 valence electrons. The maximum atomic E-state index is 15.0. The van der Waals surface area contributed by atoms with Crippen LogP contribution in [0.4, 0.5) is 23.2 Å². The van der Waals surface area contributed by atoms with Gasteiger partial charge in [0.2, 0.25) is 0 Å². The Balaban J connectivity index is 1.25. The minimum absolute atomic E-state index is 0.226. The molecule has 0 saturated carbocycles. The predicted molar refractivity (Wildman–Crippen MR) is 170 cm³/mol. The largest absolute Gasteiger partial charge is 0.573 e. The molecule has 1 aliphatic rings. The van der Waals surface area contributed by atoms with Gasteiger partial charge < -0.3 is 19.7 Å². The van der Waals surface area contributed by atoms with E-state index in [1.807, 2.05) is 35.4 Å². The summed E-state index contributed by atoms with van der Waals surface area (Å²) in [4.78, 5) is 19.1. The molecule has 1 aliphatic heterocycles. The third-order valence-corrected chi connectivity index (χ3v) is 7.87. The lowest BCUT2D eigenvalue weighted by Gasteiger charge is -2.26. The third-order valence-electron chi connectivity index (χ3n) is 6.87. The van der Waals surface area contributed by atoms with E-state index in [0.717, 1.165) is 23.1 Å². The molecule has 0 bridgehead atoms. The second-order valence-electron chi connectivity index (χ2n) is 10.4. The highest BCUT2D eigenvalue weighted by Gasteiger charge is 2.31.